The molecule has 0 aromatic carbocycles. The highest BCUT2D eigenvalue weighted by Crippen LogP contribution is 2.11. The molecule has 0 aromatic rings. The van der Waals surface area contributed by atoms with Crippen LogP contribution in [0.1, 0.15) is 32.1 Å². The fourth-order valence-electron chi connectivity index (χ4n) is 2.20. The molecule has 3 heteroatoms. The number of nitrogens with zero attached hydrogens (tertiary/aromatic N) is 2. The highest BCUT2D eigenvalue weighted by Gasteiger charge is 2.17. The first-order valence-electron chi connectivity index (χ1n) is 5.83. The van der Waals surface area contributed by atoms with Gasteiger partial charge in [-0.1, -0.05) is 0 Å². The molecule has 0 amide bonds. The Morgan fingerprint density at radius 1 is 1.29 bits per heavy atom. The van der Waals surface area contributed by atoms with Crippen LogP contribution < -0.4 is 5.32 Å². The monoisotopic (exact) mass is 195 g/mol. The normalized spacial score (nSPS) is 25.9. The number of likely N-dealkylation sites (tertiary alicyclic amines) is 1. The van der Waals surface area contributed by atoms with E-state index >= 15 is 0 Å². The molecule has 80 valence electrons. The van der Waals surface area contributed by atoms with Crippen molar-refractivity contribution in [1.82, 2.24) is 10.2 Å². The smallest absolute Gasteiger partial charge is 0.0965 e. The third kappa shape index (κ3) is 2.71. The quantitative estimate of drug-likeness (QED) is 0.682. The van der Waals surface area contributed by atoms with Crippen LogP contribution in [0.15, 0.2) is 4.99 Å². The van der Waals surface area contributed by atoms with Crippen molar-refractivity contribution in [2.45, 2.75) is 38.1 Å². The van der Waals surface area contributed by atoms with Gasteiger partial charge >= 0.3 is 0 Å². The number of nitrogens with one attached hydrogen (secondary N) is 1. The molecule has 2 heterocycles. The Bertz CT molecular complexity index is 205. The van der Waals surface area contributed by atoms with Gasteiger partial charge in [0.2, 0.25) is 0 Å². The summed E-state index contributed by atoms with van der Waals surface area (Å²) in [4.78, 5) is 6.94. The maximum atomic E-state index is 4.53. The average Bonchev–Trinajstić information content (AvgIpc) is 2.23. The molecule has 1 saturated heterocycles. The average molecular weight is 195 g/mol. The van der Waals surface area contributed by atoms with E-state index in [4.69, 9.17) is 0 Å². The molecule has 3 nitrogen and oxygen atoms in total. The van der Waals surface area contributed by atoms with Gasteiger partial charge in [-0.05, 0) is 45.8 Å². The lowest BCUT2D eigenvalue weighted by atomic mass is 10.0. The molecule has 1 fully saturated rings. The molecule has 0 aromatic heterocycles. The summed E-state index contributed by atoms with van der Waals surface area (Å²) in [6.07, 6.45) is 6.31. The zero-order valence-electron chi connectivity index (χ0n) is 9.13. The Balaban J connectivity index is 1.77. The number of piperidine rings is 1. The molecule has 0 saturated carbocycles. The van der Waals surface area contributed by atoms with Crippen molar-refractivity contribution in [3.63, 3.8) is 0 Å². The lowest BCUT2D eigenvalue weighted by Crippen LogP contribution is -2.43. The summed E-state index contributed by atoms with van der Waals surface area (Å²) in [5.41, 5.74) is 0. The summed E-state index contributed by atoms with van der Waals surface area (Å²) in [5, 5.41) is 3.60. The number of rotatable bonds is 1. The fraction of sp³-hybridized carbons (Fsp3) is 0.909. The molecule has 0 atom stereocenters. The minimum absolute atomic E-state index is 0.683. The van der Waals surface area contributed by atoms with Crippen LogP contribution in [0.4, 0.5) is 0 Å². The molecular formula is C11H21N3. The summed E-state index contributed by atoms with van der Waals surface area (Å²) < 4.78 is 0. The summed E-state index contributed by atoms with van der Waals surface area (Å²) in [5.74, 6) is 1.27. The van der Waals surface area contributed by atoms with Gasteiger partial charge in [0, 0.05) is 19.0 Å². The van der Waals surface area contributed by atoms with E-state index in [1.54, 1.807) is 0 Å². The number of amidine groups is 1. The molecule has 1 N–H and O–H groups in total. The SMILES string of the molecule is CN1CCC(NC2=NCCCC2)CC1. The van der Waals surface area contributed by atoms with Gasteiger partial charge in [-0.2, -0.15) is 0 Å². The predicted molar refractivity (Wildman–Crippen MR) is 59.8 cm³/mol. The topological polar surface area (TPSA) is 27.6 Å². The first kappa shape index (κ1) is 9.97. The molecule has 0 aliphatic carbocycles. The molecule has 2 rings (SSSR count). The summed E-state index contributed by atoms with van der Waals surface area (Å²) >= 11 is 0. The van der Waals surface area contributed by atoms with Gasteiger partial charge in [0.1, 0.15) is 0 Å². The Labute approximate surface area is 86.6 Å². The van der Waals surface area contributed by atoms with Crippen LogP contribution in [0.25, 0.3) is 0 Å². The third-order valence-electron chi connectivity index (χ3n) is 3.21. The van der Waals surface area contributed by atoms with Crippen molar-refractivity contribution in [2.24, 2.45) is 4.99 Å². The zero-order chi connectivity index (χ0) is 9.80. The standard InChI is InChI=1S/C11H21N3/c1-14-8-5-10(6-9-14)13-11-4-2-3-7-12-11/h10H,2-9H2,1H3,(H,12,13). The second-order valence-electron chi connectivity index (χ2n) is 4.51. The van der Waals surface area contributed by atoms with Gasteiger partial charge < -0.3 is 10.2 Å². The van der Waals surface area contributed by atoms with Crippen molar-refractivity contribution in [3.8, 4) is 0 Å². The van der Waals surface area contributed by atoms with Crippen molar-refractivity contribution in [3.05, 3.63) is 0 Å². The minimum Gasteiger partial charge on any atom is -0.371 e. The lowest BCUT2D eigenvalue weighted by molar-refractivity contribution is 0.246. The van der Waals surface area contributed by atoms with Crippen LogP contribution in [0.3, 0.4) is 0 Å². The van der Waals surface area contributed by atoms with E-state index in [0.717, 1.165) is 6.54 Å². The maximum Gasteiger partial charge on any atom is 0.0965 e. The molecule has 0 radical (unpaired) electrons. The van der Waals surface area contributed by atoms with Gasteiger partial charge in [-0.3, -0.25) is 4.99 Å². The van der Waals surface area contributed by atoms with Crippen LogP contribution in [-0.2, 0) is 0 Å². The van der Waals surface area contributed by atoms with Crippen molar-refractivity contribution in [1.29, 1.82) is 0 Å². The molecule has 0 unspecified atom stereocenters. The van der Waals surface area contributed by atoms with Gasteiger partial charge in [-0.15, -0.1) is 0 Å². The number of hydrogen-bond acceptors (Lipinski definition) is 3. The first-order valence-corrected chi connectivity index (χ1v) is 5.83. The molecule has 0 spiro atoms. The predicted octanol–water partition coefficient (Wildman–Crippen LogP) is 1.25. The van der Waals surface area contributed by atoms with E-state index in [9.17, 15) is 0 Å². The second-order valence-corrected chi connectivity index (χ2v) is 4.51. The number of aliphatic imine (C=N–C) groups is 1. The van der Waals surface area contributed by atoms with E-state index in [-0.39, 0.29) is 0 Å². The largest absolute Gasteiger partial charge is 0.371 e. The molecule has 2 aliphatic rings. The van der Waals surface area contributed by atoms with Gasteiger partial charge in [0.05, 0.1) is 5.84 Å². The van der Waals surface area contributed by atoms with E-state index in [0.29, 0.717) is 6.04 Å². The van der Waals surface area contributed by atoms with E-state index in [2.05, 4.69) is 22.3 Å². The summed E-state index contributed by atoms with van der Waals surface area (Å²) in [6.45, 7) is 3.49. The highest BCUT2D eigenvalue weighted by atomic mass is 15.1. The molecule has 0 bridgehead atoms. The van der Waals surface area contributed by atoms with E-state index < -0.39 is 0 Å². The molecule has 2 aliphatic heterocycles. The van der Waals surface area contributed by atoms with Crippen molar-refractivity contribution < 1.29 is 0 Å². The van der Waals surface area contributed by atoms with Gasteiger partial charge in [-0.25, -0.2) is 0 Å². The molecular weight excluding hydrogens is 174 g/mol. The second kappa shape index (κ2) is 4.78. The van der Waals surface area contributed by atoms with Crippen LogP contribution in [0, 0.1) is 0 Å². The third-order valence-corrected chi connectivity index (χ3v) is 3.21. The maximum absolute atomic E-state index is 4.53. The summed E-state index contributed by atoms with van der Waals surface area (Å²) in [6, 6.07) is 0.683. The zero-order valence-corrected chi connectivity index (χ0v) is 9.13. The fourth-order valence-corrected chi connectivity index (χ4v) is 2.20. The van der Waals surface area contributed by atoms with Gasteiger partial charge in [0.15, 0.2) is 0 Å². The van der Waals surface area contributed by atoms with Crippen LogP contribution >= 0.6 is 0 Å². The first-order chi connectivity index (χ1) is 6.84. The highest BCUT2D eigenvalue weighted by molar-refractivity contribution is 5.82. The molecule has 14 heavy (non-hydrogen) atoms. The minimum atomic E-state index is 0.683. The van der Waals surface area contributed by atoms with Crippen LogP contribution in [0.2, 0.25) is 0 Å². The Hall–Kier alpha value is -0.570. The van der Waals surface area contributed by atoms with Crippen LogP contribution in [-0.4, -0.2) is 43.5 Å². The van der Waals surface area contributed by atoms with Crippen LogP contribution in [0.5, 0.6) is 0 Å². The lowest BCUT2D eigenvalue weighted by Gasteiger charge is -2.31. The van der Waals surface area contributed by atoms with Crippen molar-refractivity contribution >= 4 is 5.84 Å². The van der Waals surface area contributed by atoms with E-state index in [1.807, 2.05) is 0 Å². The Morgan fingerprint density at radius 3 is 2.71 bits per heavy atom. The summed E-state index contributed by atoms with van der Waals surface area (Å²) in [7, 11) is 2.20. The Kier molecular flexibility index (Phi) is 3.40. The van der Waals surface area contributed by atoms with E-state index in [1.165, 1.54) is 51.0 Å². The van der Waals surface area contributed by atoms with Gasteiger partial charge in [0.25, 0.3) is 0 Å². The number of hydrogen-bond donors (Lipinski definition) is 1. The van der Waals surface area contributed by atoms with Crippen molar-refractivity contribution in [2.75, 3.05) is 26.7 Å². The Morgan fingerprint density at radius 2 is 2.07 bits per heavy atom.